The molecule has 2 aromatic rings. The maximum atomic E-state index is 12.9. The predicted octanol–water partition coefficient (Wildman–Crippen LogP) is 3.65. The van der Waals surface area contributed by atoms with E-state index in [0.29, 0.717) is 6.54 Å². The van der Waals surface area contributed by atoms with Crippen molar-refractivity contribution in [3.05, 3.63) is 52.8 Å². The van der Waals surface area contributed by atoms with Gasteiger partial charge in [-0.3, -0.25) is 9.69 Å². The molecule has 0 bridgehead atoms. The SMILES string of the molecule is COc1ccc(CCn2c(C)cc(C(=O)CN3C[C@@H](C)O[C@H](C)C3)c2C)cc1. The highest BCUT2D eigenvalue weighted by Crippen LogP contribution is 2.19. The lowest BCUT2D eigenvalue weighted by molar-refractivity contribution is -0.0652. The van der Waals surface area contributed by atoms with Crippen LogP contribution in [0, 0.1) is 13.8 Å². The molecule has 152 valence electrons. The van der Waals surface area contributed by atoms with Gasteiger partial charge in [-0.05, 0) is 57.9 Å². The fraction of sp³-hybridized carbons (Fsp3) is 0.522. The molecule has 2 atom stereocenters. The Labute approximate surface area is 168 Å². The van der Waals surface area contributed by atoms with E-state index < -0.39 is 0 Å². The van der Waals surface area contributed by atoms with E-state index in [1.165, 1.54) is 5.56 Å². The number of nitrogens with zero attached hydrogens (tertiary/aromatic N) is 2. The van der Waals surface area contributed by atoms with Gasteiger partial charge in [0.2, 0.25) is 0 Å². The van der Waals surface area contributed by atoms with Crippen LogP contribution in [0.15, 0.2) is 30.3 Å². The monoisotopic (exact) mass is 384 g/mol. The second-order valence-electron chi connectivity index (χ2n) is 7.91. The molecule has 1 aliphatic rings. The Hall–Kier alpha value is -2.11. The Kier molecular flexibility index (Phi) is 6.57. The molecule has 1 aromatic carbocycles. The largest absolute Gasteiger partial charge is 0.497 e. The minimum atomic E-state index is 0.175. The third kappa shape index (κ3) is 4.83. The van der Waals surface area contributed by atoms with E-state index in [9.17, 15) is 4.79 Å². The zero-order valence-corrected chi connectivity index (χ0v) is 17.7. The molecular weight excluding hydrogens is 352 g/mol. The summed E-state index contributed by atoms with van der Waals surface area (Å²) in [5, 5.41) is 0. The van der Waals surface area contributed by atoms with Gasteiger partial charge in [0.25, 0.3) is 0 Å². The summed E-state index contributed by atoms with van der Waals surface area (Å²) in [4.78, 5) is 15.2. The summed E-state index contributed by atoms with van der Waals surface area (Å²) in [6.45, 7) is 11.2. The van der Waals surface area contributed by atoms with E-state index in [4.69, 9.17) is 9.47 Å². The molecule has 1 aromatic heterocycles. The van der Waals surface area contributed by atoms with Crippen molar-refractivity contribution in [3.8, 4) is 5.75 Å². The fourth-order valence-electron chi connectivity index (χ4n) is 4.16. The number of carbonyl (C=O) groups excluding carboxylic acids is 1. The molecule has 0 radical (unpaired) electrons. The van der Waals surface area contributed by atoms with Crippen LogP contribution in [0.2, 0.25) is 0 Å². The van der Waals surface area contributed by atoms with E-state index in [1.807, 2.05) is 18.2 Å². The summed E-state index contributed by atoms with van der Waals surface area (Å²) in [5.41, 5.74) is 4.31. The number of methoxy groups -OCH3 is 1. The first-order valence-corrected chi connectivity index (χ1v) is 10.1. The Morgan fingerprint density at radius 3 is 2.39 bits per heavy atom. The zero-order valence-electron chi connectivity index (χ0n) is 17.7. The number of rotatable bonds is 7. The topological polar surface area (TPSA) is 43.7 Å². The highest BCUT2D eigenvalue weighted by atomic mass is 16.5. The molecule has 0 spiro atoms. The van der Waals surface area contributed by atoms with E-state index in [-0.39, 0.29) is 18.0 Å². The number of carbonyl (C=O) groups is 1. The Morgan fingerprint density at radius 1 is 1.14 bits per heavy atom. The molecule has 1 fully saturated rings. The average molecular weight is 385 g/mol. The summed E-state index contributed by atoms with van der Waals surface area (Å²) in [5.74, 6) is 1.07. The first-order valence-electron chi connectivity index (χ1n) is 10.1. The van der Waals surface area contributed by atoms with Crippen molar-refractivity contribution in [3.63, 3.8) is 0 Å². The van der Waals surface area contributed by atoms with Gasteiger partial charge in [-0.25, -0.2) is 0 Å². The molecule has 0 N–H and O–H groups in total. The summed E-state index contributed by atoms with van der Waals surface area (Å²) in [6, 6.07) is 10.2. The molecule has 0 aliphatic carbocycles. The molecule has 5 nitrogen and oxygen atoms in total. The molecule has 28 heavy (non-hydrogen) atoms. The van der Waals surface area contributed by atoms with Crippen molar-refractivity contribution >= 4 is 5.78 Å². The number of Topliss-reactive ketones (excluding diaryl/α,β-unsaturated/α-hetero) is 1. The molecule has 5 heteroatoms. The van der Waals surface area contributed by atoms with Crippen LogP contribution in [0.3, 0.4) is 0 Å². The van der Waals surface area contributed by atoms with Crippen molar-refractivity contribution in [1.29, 1.82) is 0 Å². The van der Waals surface area contributed by atoms with Crippen LogP contribution in [0.25, 0.3) is 0 Å². The van der Waals surface area contributed by atoms with E-state index in [1.54, 1.807) is 7.11 Å². The van der Waals surface area contributed by atoms with Crippen LogP contribution < -0.4 is 4.74 Å². The third-order valence-electron chi connectivity index (χ3n) is 5.52. The number of aryl methyl sites for hydroxylation is 2. The zero-order chi connectivity index (χ0) is 20.3. The number of morpholine rings is 1. The number of benzene rings is 1. The fourth-order valence-corrected chi connectivity index (χ4v) is 4.16. The second-order valence-corrected chi connectivity index (χ2v) is 7.91. The van der Waals surface area contributed by atoms with Gasteiger partial charge in [0.05, 0.1) is 25.9 Å². The Balaban J connectivity index is 1.65. The molecule has 0 amide bonds. The van der Waals surface area contributed by atoms with Gasteiger partial charge in [-0.15, -0.1) is 0 Å². The lowest BCUT2D eigenvalue weighted by Gasteiger charge is -2.34. The van der Waals surface area contributed by atoms with Crippen molar-refractivity contribution in [2.75, 3.05) is 26.7 Å². The maximum Gasteiger partial charge on any atom is 0.178 e. The number of ketones is 1. The van der Waals surface area contributed by atoms with Gasteiger partial charge in [-0.1, -0.05) is 12.1 Å². The molecule has 2 heterocycles. The van der Waals surface area contributed by atoms with E-state index in [2.05, 4.69) is 49.3 Å². The lowest BCUT2D eigenvalue weighted by Crippen LogP contribution is -2.47. The summed E-state index contributed by atoms with van der Waals surface area (Å²) >= 11 is 0. The van der Waals surface area contributed by atoms with E-state index in [0.717, 1.165) is 48.8 Å². The average Bonchev–Trinajstić information content (AvgIpc) is 2.93. The van der Waals surface area contributed by atoms with Gasteiger partial charge >= 0.3 is 0 Å². The molecule has 0 unspecified atom stereocenters. The number of ether oxygens (including phenoxy) is 2. The molecular formula is C23H32N2O3. The molecule has 1 saturated heterocycles. The number of hydrogen-bond acceptors (Lipinski definition) is 4. The maximum absolute atomic E-state index is 12.9. The quantitative estimate of drug-likeness (QED) is 0.684. The normalized spacial score (nSPS) is 20.3. The lowest BCUT2D eigenvalue weighted by atomic mass is 10.1. The summed E-state index contributed by atoms with van der Waals surface area (Å²) in [7, 11) is 1.68. The van der Waals surface area contributed by atoms with Crippen LogP contribution in [0.1, 0.15) is 41.2 Å². The minimum absolute atomic E-state index is 0.175. The Bertz CT molecular complexity index is 800. The van der Waals surface area contributed by atoms with Gasteiger partial charge in [0.1, 0.15) is 5.75 Å². The minimum Gasteiger partial charge on any atom is -0.497 e. The van der Waals surface area contributed by atoms with Gasteiger partial charge in [0.15, 0.2) is 5.78 Å². The van der Waals surface area contributed by atoms with Crippen LogP contribution in [0.4, 0.5) is 0 Å². The summed E-state index contributed by atoms with van der Waals surface area (Å²) in [6.07, 6.45) is 1.27. The number of aromatic nitrogens is 1. The van der Waals surface area contributed by atoms with Crippen LogP contribution in [0.5, 0.6) is 5.75 Å². The summed E-state index contributed by atoms with van der Waals surface area (Å²) < 4.78 is 13.2. The number of hydrogen-bond donors (Lipinski definition) is 0. The predicted molar refractivity (Wildman–Crippen MR) is 111 cm³/mol. The standard InChI is InChI=1S/C23H32N2O3/c1-16-12-22(23(26)15-24-13-17(2)28-18(3)14-24)19(4)25(16)11-10-20-6-8-21(27-5)9-7-20/h6-9,12,17-18H,10-11,13-15H2,1-5H3/t17-,18-/m1/s1. The van der Waals surface area contributed by atoms with E-state index >= 15 is 0 Å². The first-order chi connectivity index (χ1) is 13.4. The van der Waals surface area contributed by atoms with Crippen LogP contribution in [-0.2, 0) is 17.7 Å². The first kappa shape index (κ1) is 20.6. The van der Waals surface area contributed by atoms with Crippen molar-refractivity contribution in [1.82, 2.24) is 9.47 Å². The second kappa shape index (κ2) is 8.93. The third-order valence-corrected chi connectivity index (χ3v) is 5.52. The van der Waals surface area contributed by atoms with Gasteiger partial charge in [-0.2, -0.15) is 0 Å². The molecule has 0 saturated carbocycles. The van der Waals surface area contributed by atoms with Crippen LogP contribution in [-0.4, -0.2) is 54.2 Å². The van der Waals surface area contributed by atoms with Crippen LogP contribution >= 0.6 is 0 Å². The Morgan fingerprint density at radius 2 is 1.79 bits per heavy atom. The van der Waals surface area contributed by atoms with Gasteiger partial charge in [0, 0.05) is 36.6 Å². The van der Waals surface area contributed by atoms with Gasteiger partial charge < -0.3 is 14.0 Å². The molecule has 3 rings (SSSR count). The van der Waals surface area contributed by atoms with Crippen molar-refractivity contribution in [2.45, 2.75) is 52.9 Å². The molecule has 1 aliphatic heterocycles. The van der Waals surface area contributed by atoms with Crippen molar-refractivity contribution in [2.24, 2.45) is 0 Å². The van der Waals surface area contributed by atoms with Crippen molar-refractivity contribution < 1.29 is 14.3 Å². The highest BCUT2D eigenvalue weighted by molar-refractivity contribution is 5.99. The smallest absolute Gasteiger partial charge is 0.178 e. The highest BCUT2D eigenvalue weighted by Gasteiger charge is 2.25.